The Kier molecular flexibility index (Phi) is 5.59. The minimum Gasteiger partial charge on any atom is -0.481 e. The van der Waals surface area contributed by atoms with Crippen LogP contribution in [-0.4, -0.2) is 66.2 Å². The Balaban J connectivity index is 1.59. The number of methoxy groups -OCH3 is 2. The third-order valence-electron chi connectivity index (χ3n) is 5.79. The first kappa shape index (κ1) is 18.9. The summed E-state index contributed by atoms with van der Waals surface area (Å²) < 4.78 is 10.8. The van der Waals surface area contributed by atoms with Gasteiger partial charge < -0.3 is 14.4 Å². The van der Waals surface area contributed by atoms with E-state index in [1.54, 1.807) is 14.2 Å². The highest BCUT2D eigenvalue weighted by Gasteiger charge is 2.45. The van der Waals surface area contributed by atoms with Crippen LogP contribution in [0.2, 0.25) is 0 Å². The van der Waals surface area contributed by atoms with Gasteiger partial charge in [-0.2, -0.15) is 0 Å². The number of nitrogens with zero attached hydrogens (tertiary/aromatic N) is 3. The number of carbonyl (C=O) groups excluding carboxylic acids is 1. The van der Waals surface area contributed by atoms with E-state index in [9.17, 15) is 4.79 Å². The molecule has 28 heavy (non-hydrogen) atoms. The number of hydrogen-bond donors (Lipinski definition) is 0. The van der Waals surface area contributed by atoms with E-state index >= 15 is 0 Å². The fourth-order valence-electron chi connectivity index (χ4n) is 4.33. The lowest BCUT2D eigenvalue weighted by molar-refractivity contribution is -0.144. The Labute approximate surface area is 166 Å². The molecule has 3 atom stereocenters. The Morgan fingerprint density at radius 2 is 1.89 bits per heavy atom. The van der Waals surface area contributed by atoms with Crippen molar-refractivity contribution in [3.05, 3.63) is 59.8 Å². The molecule has 0 unspecified atom stereocenters. The van der Waals surface area contributed by atoms with Crippen LogP contribution in [0.5, 0.6) is 5.88 Å². The van der Waals surface area contributed by atoms with Crippen molar-refractivity contribution >= 4 is 5.91 Å². The van der Waals surface area contributed by atoms with E-state index in [4.69, 9.17) is 9.47 Å². The van der Waals surface area contributed by atoms with E-state index in [2.05, 4.69) is 22.0 Å². The Morgan fingerprint density at radius 1 is 1.07 bits per heavy atom. The second kappa shape index (κ2) is 8.29. The molecule has 2 aliphatic heterocycles. The first-order chi connectivity index (χ1) is 13.7. The average molecular weight is 381 g/mol. The smallest absolute Gasteiger partial charge is 0.240 e. The fourth-order valence-corrected chi connectivity index (χ4v) is 4.33. The van der Waals surface area contributed by atoms with Gasteiger partial charge in [-0.15, -0.1) is 0 Å². The van der Waals surface area contributed by atoms with Crippen molar-refractivity contribution in [3.63, 3.8) is 0 Å². The number of pyridine rings is 1. The van der Waals surface area contributed by atoms with Crippen molar-refractivity contribution in [2.45, 2.75) is 37.6 Å². The molecule has 0 aliphatic carbocycles. The number of carbonyl (C=O) groups is 1. The van der Waals surface area contributed by atoms with Crippen LogP contribution in [-0.2, 0) is 22.5 Å². The van der Waals surface area contributed by atoms with Crippen molar-refractivity contribution in [1.29, 1.82) is 0 Å². The Morgan fingerprint density at radius 3 is 2.64 bits per heavy atom. The molecule has 6 nitrogen and oxygen atoms in total. The number of hydrogen-bond acceptors (Lipinski definition) is 5. The summed E-state index contributed by atoms with van der Waals surface area (Å²) in [5.41, 5.74) is 2.09. The summed E-state index contributed by atoms with van der Waals surface area (Å²) in [4.78, 5) is 22.2. The fraction of sp³-hybridized carbons (Fsp3) is 0.455. The Hall–Kier alpha value is -2.44. The number of fused-ring (bicyclic) bond motifs is 1. The van der Waals surface area contributed by atoms with E-state index in [1.807, 2.05) is 41.3 Å². The normalized spacial score (nSPS) is 25.0. The van der Waals surface area contributed by atoms with Crippen LogP contribution >= 0.6 is 0 Å². The van der Waals surface area contributed by atoms with Crippen molar-refractivity contribution in [3.8, 4) is 5.88 Å². The molecule has 4 rings (SSSR count). The average Bonchev–Trinajstić information content (AvgIpc) is 3.15. The molecule has 1 amide bonds. The first-order valence-electron chi connectivity index (χ1n) is 9.79. The van der Waals surface area contributed by atoms with Crippen LogP contribution in [0.15, 0.2) is 48.5 Å². The molecule has 3 heterocycles. The van der Waals surface area contributed by atoms with Gasteiger partial charge in [-0.3, -0.25) is 9.69 Å². The van der Waals surface area contributed by atoms with E-state index < -0.39 is 0 Å². The lowest BCUT2D eigenvalue weighted by atomic mass is 9.98. The molecule has 0 N–H and O–H groups in total. The lowest BCUT2D eigenvalue weighted by Gasteiger charge is -2.42. The monoisotopic (exact) mass is 381 g/mol. The minimum atomic E-state index is -0.192. The molecule has 2 aromatic rings. The summed E-state index contributed by atoms with van der Waals surface area (Å²) in [7, 11) is 3.35. The van der Waals surface area contributed by atoms with Crippen LogP contribution in [0.4, 0.5) is 0 Å². The molecule has 148 valence electrons. The number of ether oxygens (including phenoxy) is 2. The van der Waals surface area contributed by atoms with Gasteiger partial charge >= 0.3 is 0 Å². The van der Waals surface area contributed by atoms with E-state index in [-0.39, 0.29) is 24.1 Å². The van der Waals surface area contributed by atoms with Crippen molar-refractivity contribution in [2.24, 2.45) is 0 Å². The summed E-state index contributed by atoms with van der Waals surface area (Å²) in [6.07, 6.45) is 1.72. The summed E-state index contributed by atoms with van der Waals surface area (Å²) in [5.74, 6) is 0.796. The predicted octanol–water partition coefficient (Wildman–Crippen LogP) is 2.13. The summed E-state index contributed by atoms with van der Waals surface area (Å²) >= 11 is 0. The minimum absolute atomic E-state index is 0.126. The third-order valence-corrected chi connectivity index (χ3v) is 5.79. The van der Waals surface area contributed by atoms with E-state index in [0.717, 1.165) is 18.7 Å². The Bertz CT molecular complexity index is 814. The maximum Gasteiger partial charge on any atom is 0.240 e. The second-order valence-electron chi connectivity index (χ2n) is 7.54. The summed E-state index contributed by atoms with van der Waals surface area (Å²) in [5, 5.41) is 0. The highest BCUT2D eigenvalue weighted by molar-refractivity contribution is 5.83. The summed E-state index contributed by atoms with van der Waals surface area (Å²) in [6, 6.07) is 16.0. The molecular formula is C22H27N3O3. The molecule has 0 radical (unpaired) electrons. The molecule has 2 saturated heterocycles. The number of benzene rings is 1. The quantitative estimate of drug-likeness (QED) is 0.767. The van der Waals surface area contributed by atoms with E-state index in [0.29, 0.717) is 25.4 Å². The van der Waals surface area contributed by atoms with Gasteiger partial charge in [-0.1, -0.05) is 36.4 Å². The van der Waals surface area contributed by atoms with Gasteiger partial charge in [0.05, 0.1) is 24.9 Å². The SMILES string of the molecule is COc1cccc(CN2C[C@@H]3C[C@H](OC)CN3C(=O)[C@@H]2Cc2ccccc2)n1. The number of piperazine rings is 1. The highest BCUT2D eigenvalue weighted by atomic mass is 16.5. The van der Waals surface area contributed by atoms with Crippen LogP contribution in [0.25, 0.3) is 0 Å². The maximum absolute atomic E-state index is 13.4. The van der Waals surface area contributed by atoms with Gasteiger partial charge in [0.15, 0.2) is 0 Å². The second-order valence-corrected chi connectivity index (χ2v) is 7.54. The van der Waals surface area contributed by atoms with Gasteiger partial charge in [0.2, 0.25) is 11.8 Å². The molecule has 2 aliphatic rings. The molecule has 2 fully saturated rings. The lowest BCUT2D eigenvalue weighted by Crippen LogP contribution is -2.60. The van der Waals surface area contributed by atoms with Gasteiger partial charge in [-0.25, -0.2) is 4.98 Å². The van der Waals surface area contributed by atoms with Crippen LogP contribution in [0.1, 0.15) is 17.7 Å². The topological polar surface area (TPSA) is 54.9 Å². The molecule has 6 heteroatoms. The van der Waals surface area contributed by atoms with Gasteiger partial charge in [0, 0.05) is 38.9 Å². The predicted molar refractivity (Wildman–Crippen MR) is 106 cm³/mol. The molecule has 0 bridgehead atoms. The van der Waals surface area contributed by atoms with Gasteiger partial charge in [0.1, 0.15) is 0 Å². The van der Waals surface area contributed by atoms with Crippen molar-refractivity contribution in [2.75, 3.05) is 27.3 Å². The molecule has 0 saturated carbocycles. The van der Waals surface area contributed by atoms with Crippen molar-refractivity contribution in [1.82, 2.24) is 14.8 Å². The maximum atomic E-state index is 13.4. The highest BCUT2D eigenvalue weighted by Crippen LogP contribution is 2.29. The molecule has 0 spiro atoms. The molecule has 1 aromatic carbocycles. The van der Waals surface area contributed by atoms with Crippen LogP contribution in [0, 0.1) is 0 Å². The van der Waals surface area contributed by atoms with Crippen molar-refractivity contribution < 1.29 is 14.3 Å². The molecule has 1 aromatic heterocycles. The summed E-state index contributed by atoms with van der Waals surface area (Å²) in [6.45, 7) is 2.15. The van der Waals surface area contributed by atoms with Crippen LogP contribution < -0.4 is 4.74 Å². The third kappa shape index (κ3) is 3.88. The number of amides is 1. The van der Waals surface area contributed by atoms with Gasteiger partial charge in [0.25, 0.3) is 0 Å². The number of aromatic nitrogens is 1. The molecular weight excluding hydrogens is 354 g/mol. The first-order valence-corrected chi connectivity index (χ1v) is 9.79. The zero-order valence-corrected chi connectivity index (χ0v) is 16.5. The zero-order chi connectivity index (χ0) is 19.5. The largest absolute Gasteiger partial charge is 0.481 e. The van der Waals surface area contributed by atoms with Gasteiger partial charge in [-0.05, 0) is 24.5 Å². The zero-order valence-electron chi connectivity index (χ0n) is 16.5. The van der Waals surface area contributed by atoms with E-state index in [1.165, 1.54) is 5.56 Å². The van der Waals surface area contributed by atoms with Crippen LogP contribution in [0.3, 0.4) is 0 Å². The standard InChI is InChI=1S/C22H27N3O3/c1-27-19-12-18-14-24(13-17-9-6-10-21(23-17)28-2)20(22(26)25(18)15-19)11-16-7-4-3-5-8-16/h3-10,18-20H,11-15H2,1-2H3/t18-,19-,20-/m0/s1. The number of rotatable bonds is 6.